The molecule has 4 aromatic rings. The molecule has 1 aromatic carbocycles. The highest BCUT2D eigenvalue weighted by Gasteiger charge is 2.27. The molecule has 0 amide bonds. The molecule has 1 aliphatic heterocycles. The maximum atomic E-state index is 13.0. The fourth-order valence-electron chi connectivity index (χ4n) is 3.14. The molecule has 1 saturated heterocycles. The molecule has 1 fully saturated rings. The summed E-state index contributed by atoms with van der Waals surface area (Å²) in [5.74, 6) is 0.613. The van der Waals surface area contributed by atoms with E-state index in [4.69, 9.17) is 4.74 Å². The van der Waals surface area contributed by atoms with Crippen LogP contribution in [0.15, 0.2) is 53.7 Å². The average molecular weight is 428 g/mol. The van der Waals surface area contributed by atoms with Gasteiger partial charge in [0, 0.05) is 36.6 Å². The molecule has 0 aliphatic carbocycles. The molecule has 4 heterocycles. The molecule has 0 radical (unpaired) electrons. The normalized spacial score (nSPS) is 15.7. The molecule has 3 aromatic heterocycles. The number of nitrogens with zero attached hydrogens (tertiary/aromatic N) is 6. The van der Waals surface area contributed by atoms with Gasteiger partial charge in [0.15, 0.2) is 5.82 Å². The van der Waals surface area contributed by atoms with Gasteiger partial charge < -0.3 is 4.74 Å². The van der Waals surface area contributed by atoms with E-state index >= 15 is 0 Å². The van der Waals surface area contributed by atoms with E-state index in [0.29, 0.717) is 42.1 Å². The van der Waals surface area contributed by atoms with E-state index in [-0.39, 0.29) is 4.90 Å². The van der Waals surface area contributed by atoms with E-state index in [9.17, 15) is 8.42 Å². The molecule has 29 heavy (non-hydrogen) atoms. The number of benzene rings is 1. The summed E-state index contributed by atoms with van der Waals surface area (Å²) < 4.78 is 34.3. The summed E-state index contributed by atoms with van der Waals surface area (Å²) in [4.78, 5) is 4.90. The Bertz CT molecular complexity index is 1260. The van der Waals surface area contributed by atoms with Crippen LogP contribution >= 0.6 is 11.3 Å². The number of rotatable bonds is 4. The number of hydrogen-bond acceptors (Lipinski definition) is 8. The third-order valence-electron chi connectivity index (χ3n) is 4.62. The van der Waals surface area contributed by atoms with Crippen LogP contribution in [0.2, 0.25) is 0 Å². The zero-order chi connectivity index (χ0) is 19.8. The Morgan fingerprint density at radius 3 is 2.59 bits per heavy atom. The van der Waals surface area contributed by atoms with Crippen LogP contribution in [-0.4, -0.2) is 63.8 Å². The highest BCUT2D eigenvalue weighted by atomic mass is 32.2. The predicted octanol–water partition coefficient (Wildman–Crippen LogP) is 1.94. The first-order valence-electron chi connectivity index (χ1n) is 8.94. The van der Waals surface area contributed by atoms with Crippen molar-refractivity contribution in [1.82, 2.24) is 29.1 Å². The smallest absolute Gasteiger partial charge is 0.243 e. The minimum Gasteiger partial charge on any atom is -0.379 e. The Balaban J connectivity index is 1.53. The van der Waals surface area contributed by atoms with Crippen molar-refractivity contribution in [2.24, 2.45) is 0 Å². The van der Waals surface area contributed by atoms with Gasteiger partial charge in [0.25, 0.3) is 0 Å². The van der Waals surface area contributed by atoms with Gasteiger partial charge >= 0.3 is 0 Å². The second-order valence-electron chi connectivity index (χ2n) is 6.41. The molecular weight excluding hydrogens is 412 g/mol. The summed E-state index contributed by atoms with van der Waals surface area (Å²) in [5.41, 5.74) is 1.57. The van der Waals surface area contributed by atoms with Crippen LogP contribution in [0.5, 0.6) is 0 Å². The third kappa shape index (κ3) is 3.31. The van der Waals surface area contributed by atoms with Crippen molar-refractivity contribution in [1.29, 1.82) is 0 Å². The van der Waals surface area contributed by atoms with E-state index in [0.717, 1.165) is 11.1 Å². The highest BCUT2D eigenvalue weighted by molar-refractivity contribution is 7.89. The Kier molecular flexibility index (Phi) is 4.59. The van der Waals surface area contributed by atoms with Gasteiger partial charge in [-0.2, -0.15) is 13.9 Å². The van der Waals surface area contributed by atoms with Crippen LogP contribution in [0, 0.1) is 0 Å². The first-order chi connectivity index (χ1) is 14.1. The molecule has 0 unspecified atom stereocenters. The molecular formula is C18H16N6O3S2. The van der Waals surface area contributed by atoms with Crippen molar-refractivity contribution in [3.63, 3.8) is 0 Å². The molecule has 0 bridgehead atoms. The lowest BCUT2D eigenvalue weighted by molar-refractivity contribution is 0.0730. The van der Waals surface area contributed by atoms with Crippen LogP contribution in [-0.2, 0) is 14.8 Å². The number of sulfonamides is 1. The van der Waals surface area contributed by atoms with Gasteiger partial charge in [0.05, 0.1) is 18.1 Å². The second kappa shape index (κ2) is 7.26. The number of pyridine rings is 1. The van der Waals surface area contributed by atoms with Crippen molar-refractivity contribution in [3.05, 3.63) is 48.8 Å². The maximum absolute atomic E-state index is 13.0. The number of morpholine rings is 1. The number of fused-ring (bicyclic) bond motifs is 1. The lowest BCUT2D eigenvalue weighted by atomic mass is 10.2. The Labute approximate surface area is 170 Å². The molecule has 1 aliphatic rings. The monoisotopic (exact) mass is 428 g/mol. The Morgan fingerprint density at radius 2 is 1.79 bits per heavy atom. The van der Waals surface area contributed by atoms with E-state index in [1.54, 1.807) is 35.1 Å². The standard InChI is InChI=1S/C18H16N6O3S2/c25-29(26,23-8-10-27-11-9-23)15-3-1-2-14(12-15)17-22-24-16(20-21-18(24)28-17)13-4-6-19-7-5-13/h1-7,12H,8-11H2. The van der Waals surface area contributed by atoms with E-state index in [1.165, 1.54) is 15.6 Å². The van der Waals surface area contributed by atoms with Crippen molar-refractivity contribution >= 4 is 26.3 Å². The predicted molar refractivity (Wildman–Crippen MR) is 107 cm³/mol. The van der Waals surface area contributed by atoms with E-state index < -0.39 is 10.0 Å². The van der Waals surface area contributed by atoms with Gasteiger partial charge in [-0.25, -0.2) is 8.42 Å². The quantitative estimate of drug-likeness (QED) is 0.489. The average Bonchev–Trinajstić information content (AvgIpc) is 3.36. The van der Waals surface area contributed by atoms with Gasteiger partial charge in [-0.05, 0) is 24.3 Å². The Morgan fingerprint density at radius 1 is 1.00 bits per heavy atom. The van der Waals surface area contributed by atoms with Gasteiger partial charge in [-0.1, -0.05) is 23.5 Å². The van der Waals surface area contributed by atoms with Crippen molar-refractivity contribution in [2.45, 2.75) is 4.90 Å². The zero-order valence-electron chi connectivity index (χ0n) is 15.2. The van der Waals surface area contributed by atoms with Crippen molar-refractivity contribution in [2.75, 3.05) is 26.3 Å². The summed E-state index contributed by atoms with van der Waals surface area (Å²) in [7, 11) is -3.57. The summed E-state index contributed by atoms with van der Waals surface area (Å²) in [6, 6.07) is 10.5. The number of aromatic nitrogens is 5. The number of ether oxygens (including phenoxy) is 1. The van der Waals surface area contributed by atoms with Gasteiger partial charge in [0.1, 0.15) is 5.01 Å². The van der Waals surface area contributed by atoms with Crippen molar-refractivity contribution in [3.8, 4) is 22.0 Å². The molecule has 0 saturated carbocycles. The van der Waals surface area contributed by atoms with Crippen LogP contribution < -0.4 is 0 Å². The SMILES string of the molecule is O=S(=O)(c1cccc(-c2nn3c(-c4ccncc4)nnc3s2)c1)N1CCOCC1. The second-order valence-corrected chi connectivity index (χ2v) is 9.30. The van der Waals surface area contributed by atoms with Crippen molar-refractivity contribution < 1.29 is 13.2 Å². The van der Waals surface area contributed by atoms with Crippen LogP contribution in [0.1, 0.15) is 0 Å². The minimum atomic E-state index is -3.57. The molecule has 0 spiro atoms. The molecule has 0 N–H and O–H groups in total. The third-order valence-corrected chi connectivity index (χ3v) is 7.46. The fourth-order valence-corrected chi connectivity index (χ4v) is 5.43. The highest BCUT2D eigenvalue weighted by Crippen LogP contribution is 2.30. The lowest BCUT2D eigenvalue weighted by Gasteiger charge is -2.26. The van der Waals surface area contributed by atoms with Gasteiger partial charge in [-0.15, -0.1) is 10.2 Å². The summed E-state index contributed by atoms with van der Waals surface area (Å²) >= 11 is 1.35. The summed E-state index contributed by atoms with van der Waals surface area (Å²) in [6.07, 6.45) is 3.37. The van der Waals surface area contributed by atoms with Crippen LogP contribution in [0.4, 0.5) is 0 Å². The molecule has 0 atom stereocenters. The summed E-state index contributed by atoms with van der Waals surface area (Å²) in [6.45, 7) is 1.54. The van der Waals surface area contributed by atoms with Gasteiger partial charge in [-0.3, -0.25) is 4.98 Å². The van der Waals surface area contributed by atoms with Gasteiger partial charge in [0.2, 0.25) is 15.0 Å². The first kappa shape index (κ1) is 18.3. The fraction of sp³-hybridized carbons (Fsp3) is 0.222. The minimum absolute atomic E-state index is 0.247. The van der Waals surface area contributed by atoms with E-state index in [1.807, 2.05) is 18.2 Å². The number of hydrogen-bond donors (Lipinski definition) is 0. The molecule has 148 valence electrons. The Hall–Kier alpha value is -2.73. The molecule has 11 heteroatoms. The topological polar surface area (TPSA) is 103 Å². The molecule has 5 rings (SSSR count). The van der Waals surface area contributed by atoms with E-state index in [2.05, 4.69) is 20.3 Å². The zero-order valence-corrected chi connectivity index (χ0v) is 16.8. The first-order valence-corrected chi connectivity index (χ1v) is 11.2. The summed E-state index contributed by atoms with van der Waals surface area (Å²) in [5, 5.41) is 13.7. The van der Waals surface area contributed by atoms with Crippen LogP contribution in [0.3, 0.4) is 0 Å². The maximum Gasteiger partial charge on any atom is 0.243 e. The largest absolute Gasteiger partial charge is 0.379 e. The van der Waals surface area contributed by atoms with Crippen LogP contribution in [0.25, 0.3) is 26.9 Å². The molecule has 9 nitrogen and oxygen atoms in total. The lowest BCUT2D eigenvalue weighted by Crippen LogP contribution is -2.40.